The molecule has 1 fully saturated rings. The highest BCUT2D eigenvalue weighted by atomic mass is 16.5. The van der Waals surface area contributed by atoms with Gasteiger partial charge in [0.2, 0.25) is 0 Å². The van der Waals surface area contributed by atoms with Crippen LogP contribution < -0.4 is 11.1 Å². The predicted octanol–water partition coefficient (Wildman–Crippen LogP) is -0.193. The van der Waals surface area contributed by atoms with E-state index in [4.69, 9.17) is 10.5 Å². The number of likely N-dealkylation sites (N-methyl/N-ethyl adjacent to an activating group) is 1. The highest BCUT2D eigenvalue weighted by Gasteiger charge is 2.24. The molecule has 0 aromatic heterocycles. The predicted molar refractivity (Wildman–Crippen MR) is 67.7 cm³/mol. The fraction of sp³-hybridized carbons (Fsp3) is 0.917. The van der Waals surface area contributed by atoms with Gasteiger partial charge in [-0.15, -0.1) is 0 Å². The molecule has 2 atom stereocenters. The molecule has 5 heteroatoms. The number of nitrogens with two attached hydrogens (primary N) is 1. The van der Waals surface area contributed by atoms with Crippen LogP contribution in [0.4, 0.5) is 0 Å². The zero-order valence-corrected chi connectivity index (χ0v) is 11.1. The molecule has 5 nitrogen and oxygen atoms in total. The van der Waals surface area contributed by atoms with Gasteiger partial charge in [-0.2, -0.15) is 0 Å². The summed E-state index contributed by atoms with van der Waals surface area (Å²) in [7, 11) is 1.81. The molecular weight excluding hydrogens is 218 g/mol. The molecule has 1 heterocycles. The Balaban J connectivity index is 2.30. The van der Waals surface area contributed by atoms with Crippen LogP contribution >= 0.6 is 0 Å². The van der Waals surface area contributed by atoms with E-state index in [9.17, 15) is 4.79 Å². The third kappa shape index (κ3) is 4.61. The second-order valence-electron chi connectivity index (χ2n) is 5.02. The lowest BCUT2D eigenvalue weighted by atomic mass is 10.0. The van der Waals surface area contributed by atoms with Gasteiger partial charge in [0.05, 0.1) is 6.61 Å². The molecule has 2 unspecified atom stereocenters. The third-order valence-electron chi connectivity index (χ3n) is 3.23. The minimum Gasteiger partial charge on any atom is -0.366 e. The average Bonchev–Trinajstić information content (AvgIpc) is 2.35. The molecule has 1 aliphatic rings. The Morgan fingerprint density at radius 2 is 2.29 bits per heavy atom. The summed E-state index contributed by atoms with van der Waals surface area (Å²) in [6, 6.07) is 0.149. The Kier molecular flexibility index (Phi) is 5.88. The highest BCUT2D eigenvalue weighted by Crippen LogP contribution is 2.06. The summed E-state index contributed by atoms with van der Waals surface area (Å²) in [5.41, 5.74) is 5.96. The Morgan fingerprint density at radius 3 is 2.82 bits per heavy atom. The monoisotopic (exact) mass is 243 g/mol. The van der Waals surface area contributed by atoms with Crippen LogP contribution in [0.2, 0.25) is 0 Å². The van der Waals surface area contributed by atoms with Crippen LogP contribution in [0.1, 0.15) is 20.3 Å². The van der Waals surface area contributed by atoms with E-state index in [0.717, 1.165) is 13.0 Å². The number of hydrogen-bond acceptors (Lipinski definition) is 4. The smallest absolute Gasteiger partial charge is 0.252 e. The molecule has 3 N–H and O–H groups in total. The number of morpholine rings is 1. The zero-order valence-electron chi connectivity index (χ0n) is 11.1. The molecule has 0 spiro atoms. The van der Waals surface area contributed by atoms with E-state index in [1.807, 2.05) is 7.05 Å². The summed E-state index contributed by atoms with van der Waals surface area (Å²) in [5.74, 6) is 0.499. The van der Waals surface area contributed by atoms with E-state index in [1.54, 1.807) is 4.90 Å². The first-order valence-corrected chi connectivity index (χ1v) is 6.35. The number of ether oxygens (including phenoxy) is 1. The minimum absolute atomic E-state index is 0.0492. The molecule has 1 aliphatic heterocycles. The van der Waals surface area contributed by atoms with Gasteiger partial charge in [-0.25, -0.2) is 0 Å². The van der Waals surface area contributed by atoms with Crippen LogP contribution in [0.25, 0.3) is 0 Å². The van der Waals surface area contributed by atoms with E-state index in [-0.39, 0.29) is 18.1 Å². The van der Waals surface area contributed by atoms with Crippen molar-refractivity contribution < 1.29 is 9.53 Å². The second-order valence-corrected chi connectivity index (χ2v) is 5.02. The van der Waals surface area contributed by atoms with Crippen molar-refractivity contribution >= 4 is 5.91 Å². The van der Waals surface area contributed by atoms with Gasteiger partial charge in [0.1, 0.15) is 6.10 Å². The first-order valence-electron chi connectivity index (χ1n) is 6.35. The third-order valence-corrected chi connectivity index (χ3v) is 3.23. The molecule has 0 aliphatic carbocycles. The molecule has 1 rings (SSSR count). The van der Waals surface area contributed by atoms with Crippen LogP contribution in [0, 0.1) is 5.92 Å². The van der Waals surface area contributed by atoms with Gasteiger partial charge in [-0.1, -0.05) is 13.8 Å². The van der Waals surface area contributed by atoms with Gasteiger partial charge in [0, 0.05) is 32.7 Å². The number of carbonyl (C=O) groups is 1. The standard InChI is InChI=1S/C12H25N3O2/c1-9(2)10(13)4-6-15(3)12(16)11-8-14-5-7-17-11/h9-11,14H,4-8,13H2,1-3H3. The largest absolute Gasteiger partial charge is 0.366 e. The zero-order chi connectivity index (χ0) is 12.8. The minimum atomic E-state index is -0.330. The van der Waals surface area contributed by atoms with Crippen LogP contribution in [0.5, 0.6) is 0 Å². The average molecular weight is 243 g/mol. The molecular formula is C12H25N3O2. The summed E-state index contributed by atoms with van der Waals surface area (Å²) in [4.78, 5) is 13.7. The van der Waals surface area contributed by atoms with Crippen molar-refractivity contribution in [3.8, 4) is 0 Å². The van der Waals surface area contributed by atoms with E-state index >= 15 is 0 Å². The maximum Gasteiger partial charge on any atom is 0.252 e. The Hall–Kier alpha value is -0.650. The maximum absolute atomic E-state index is 12.0. The van der Waals surface area contributed by atoms with Gasteiger partial charge in [0.25, 0.3) is 5.91 Å². The molecule has 1 saturated heterocycles. The van der Waals surface area contributed by atoms with Crippen molar-refractivity contribution in [1.82, 2.24) is 10.2 Å². The lowest BCUT2D eigenvalue weighted by Crippen LogP contribution is -2.49. The summed E-state index contributed by atoms with van der Waals surface area (Å²) in [6.07, 6.45) is 0.504. The van der Waals surface area contributed by atoms with Crippen molar-refractivity contribution in [3.05, 3.63) is 0 Å². The van der Waals surface area contributed by atoms with E-state index in [0.29, 0.717) is 25.6 Å². The number of hydrogen-bond donors (Lipinski definition) is 2. The number of nitrogens with one attached hydrogen (secondary N) is 1. The lowest BCUT2D eigenvalue weighted by Gasteiger charge is -2.28. The van der Waals surface area contributed by atoms with E-state index in [1.165, 1.54) is 0 Å². The van der Waals surface area contributed by atoms with Crippen molar-refractivity contribution in [2.24, 2.45) is 11.7 Å². The molecule has 17 heavy (non-hydrogen) atoms. The van der Waals surface area contributed by atoms with Crippen molar-refractivity contribution in [2.45, 2.75) is 32.4 Å². The first-order chi connectivity index (χ1) is 8.02. The number of rotatable bonds is 5. The normalized spacial score (nSPS) is 22.5. The van der Waals surface area contributed by atoms with Gasteiger partial charge in [-0.05, 0) is 12.3 Å². The molecule has 0 radical (unpaired) electrons. The number of carbonyl (C=O) groups excluding carboxylic acids is 1. The Morgan fingerprint density at radius 1 is 1.59 bits per heavy atom. The lowest BCUT2D eigenvalue weighted by molar-refractivity contribution is -0.143. The van der Waals surface area contributed by atoms with Crippen LogP contribution in [-0.4, -0.2) is 56.2 Å². The van der Waals surface area contributed by atoms with Crippen LogP contribution in [0.3, 0.4) is 0 Å². The summed E-state index contributed by atoms with van der Waals surface area (Å²) in [6.45, 7) is 6.93. The second kappa shape index (κ2) is 6.93. The number of amides is 1. The topological polar surface area (TPSA) is 67.6 Å². The summed E-state index contributed by atoms with van der Waals surface area (Å²) in [5, 5.41) is 3.16. The van der Waals surface area contributed by atoms with Crippen LogP contribution in [-0.2, 0) is 9.53 Å². The summed E-state index contributed by atoms with van der Waals surface area (Å²) >= 11 is 0. The Labute approximate surface area is 104 Å². The van der Waals surface area contributed by atoms with Crippen LogP contribution in [0.15, 0.2) is 0 Å². The molecule has 1 amide bonds. The van der Waals surface area contributed by atoms with Gasteiger partial charge in [0.15, 0.2) is 0 Å². The molecule has 0 saturated carbocycles. The van der Waals surface area contributed by atoms with Crippen molar-refractivity contribution in [3.63, 3.8) is 0 Å². The van der Waals surface area contributed by atoms with E-state index < -0.39 is 0 Å². The van der Waals surface area contributed by atoms with E-state index in [2.05, 4.69) is 19.2 Å². The van der Waals surface area contributed by atoms with Crippen molar-refractivity contribution in [1.29, 1.82) is 0 Å². The first kappa shape index (κ1) is 14.4. The fourth-order valence-electron chi connectivity index (χ4n) is 1.76. The SMILES string of the molecule is CC(C)C(N)CCN(C)C(=O)C1CNCCO1. The van der Waals surface area contributed by atoms with Gasteiger partial charge in [-0.3, -0.25) is 4.79 Å². The highest BCUT2D eigenvalue weighted by molar-refractivity contribution is 5.81. The quantitative estimate of drug-likeness (QED) is 0.702. The Bertz CT molecular complexity index is 240. The van der Waals surface area contributed by atoms with Crippen molar-refractivity contribution in [2.75, 3.05) is 33.3 Å². The maximum atomic E-state index is 12.0. The molecule has 0 aromatic rings. The number of nitrogens with zero attached hydrogens (tertiary/aromatic N) is 1. The van der Waals surface area contributed by atoms with Gasteiger partial charge < -0.3 is 20.7 Å². The molecule has 0 bridgehead atoms. The van der Waals surface area contributed by atoms with Gasteiger partial charge >= 0.3 is 0 Å². The molecule has 100 valence electrons. The summed E-state index contributed by atoms with van der Waals surface area (Å²) < 4.78 is 5.43. The molecule has 0 aromatic carbocycles. The fourth-order valence-corrected chi connectivity index (χ4v) is 1.76.